The van der Waals surface area contributed by atoms with Crippen molar-refractivity contribution in [1.29, 1.82) is 0 Å². The minimum Gasteiger partial charge on any atom is -0.368 e. The zero-order valence-electron chi connectivity index (χ0n) is 11.4. The van der Waals surface area contributed by atoms with Crippen molar-refractivity contribution < 1.29 is 13.2 Å². The molecule has 0 bridgehead atoms. The first-order valence-corrected chi connectivity index (χ1v) is 7.58. The number of nitrogens with zero attached hydrogens (tertiary/aromatic N) is 3. The number of rotatable bonds is 4. The van der Waals surface area contributed by atoms with Crippen LogP contribution in [-0.4, -0.2) is 28.7 Å². The summed E-state index contributed by atoms with van der Waals surface area (Å²) < 4.78 is 38.5. The molecule has 2 N–H and O–H groups in total. The number of hydrogen-bond donors (Lipinski definition) is 1. The van der Waals surface area contributed by atoms with E-state index in [9.17, 15) is 13.2 Å². The molecule has 0 aliphatic heterocycles. The molecule has 0 unspecified atom stereocenters. The Balaban J connectivity index is 2.09. The van der Waals surface area contributed by atoms with Crippen LogP contribution in [0.15, 0.2) is 6.07 Å². The number of aryl methyl sites for hydroxylation is 1. The molecule has 0 saturated heterocycles. The number of aromatic nitrogens is 2. The lowest BCUT2D eigenvalue weighted by molar-refractivity contribution is -0.120. The van der Waals surface area contributed by atoms with E-state index >= 15 is 0 Å². The fourth-order valence-electron chi connectivity index (χ4n) is 2.32. The molecule has 8 heteroatoms. The maximum Gasteiger partial charge on any atom is 0.405 e. The van der Waals surface area contributed by atoms with Gasteiger partial charge in [0.2, 0.25) is 5.95 Å². The van der Waals surface area contributed by atoms with Crippen LogP contribution in [0.5, 0.6) is 0 Å². The van der Waals surface area contributed by atoms with Crippen LogP contribution in [0.25, 0.3) is 10.2 Å². The second-order valence-electron chi connectivity index (χ2n) is 5.16. The van der Waals surface area contributed by atoms with E-state index in [1.54, 1.807) is 0 Å². The normalized spacial score (nSPS) is 15.6. The number of anilines is 2. The highest BCUT2D eigenvalue weighted by molar-refractivity contribution is 7.18. The molecule has 0 spiro atoms. The van der Waals surface area contributed by atoms with E-state index in [1.165, 1.54) is 16.2 Å². The third-order valence-electron chi connectivity index (χ3n) is 3.40. The highest BCUT2D eigenvalue weighted by Gasteiger charge is 2.39. The standard InChI is InChI=1S/C13H15F3N4S/c1-2-8-5-9-10(18-12(17)19-11(9)21-8)20(7-3-4-7)6-13(14,15)16/h5,7H,2-4,6H2,1H3,(H2,17,18,19). The smallest absolute Gasteiger partial charge is 0.368 e. The summed E-state index contributed by atoms with van der Waals surface area (Å²) in [6.45, 7) is 0.996. The van der Waals surface area contributed by atoms with Crippen LogP contribution in [0, 0.1) is 0 Å². The lowest BCUT2D eigenvalue weighted by Crippen LogP contribution is -2.36. The van der Waals surface area contributed by atoms with E-state index in [4.69, 9.17) is 5.73 Å². The Kier molecular flexibility index (Phi) is 3.43. The molecule has 21 heavy (non-hydrogen) atoms. The Morgan fingerprint density at radius 1 is 1.38 bits per heavy atom. The van der Waals surface area contributed by atoms with Crippen molar-refractivity contribution in [3.05, 3.63) is 10.9 Å². The van der Waals surface area contributed by atoms with Gasteiger partial charge in [-0.3, -0.25) is 0 Å². The Morgan fingerprint density at radius 3 is 2.67 bits per heavy atom. The van der Waals surface area contributed by atoms with E-state index in [0.29, 0.717) is 16.0 Å². The molecular weight excluding hydrogens is 301 g/mol. The molecule has 0 atom stereocenters. The van der Waals surface area contributed by atoms with Gasteiger partial charge in [-0.05, 0) is 25.3 Å². The van der Waals surface area contributed by atoms with E-state index < -0.39 is 12.7 Å². The van der Waals surface area contributed by atoms with Crippen molar-refractivity contribution in [3.8, 4) is 0 Å². The van der Waals surface area contributed by atoms with Crippen LogP contribution < -0.4 is 10.6 Å². The van der Waals surface area contributed by atoms with Gasteiger partial charge in [-0.15, -0.1) is 11.3 Å². The fraction of sp³-hybridized carbons (Fsp3) is 0.538. The predicted molar refractivity (Wildman–Crippen MR) is 77.6 cm³/mol. The number of hydrogen-bond acceptors (Lipinski definition) is 5. The average Bonchev–Trinajstić information content (AvgIpc) is 3.14. The van der Waals surface area contributed by atoms with Crippen LogP contribution >= 0.6 is 11.3 Å². The summed E-state index contributed by atoms with van der Waals surface area (Å²) in [7, 11) is 0. The summed E-state index contributed by atoms with van der Waals surface area (Å²) in [5.74, 6) is 0.336. The molecule has 2 aromatic heterocycles. The summed E-state index contributed by atoms with van der Waals surface area (Å²) in [5, 5.41) is 0.669. The second kappa shape index (κ2) is 5.01. The van der Waals surface area contributed by atoms with Gasteiger partial charge in [-0.1, -0.05) is 6.92 Å². The zero-order valence-corrected chi connectivity index (χ0v) is 12.3. The predicted octanol–water partition coefficient (Wildman–Crippen LogP) is 3.37. The van der Waals surface area contributed by atoms with Gasteiger partial charge < -0.3 is 10.6 Å². The van der Waals surface area contributed by atoms with Crippen molar-refractivity contribution in [2.24, 2.45) is 0 Å². The van der Waals surface area contributed by atoms with Gasteiger partial charge in [0, 0.05) is 10.9 Å². The molecule has 1 saturated carbocycles. The second-order valence-corrected chi connectivity index (χ2v) is 6.28. The molecule has 2 heterocycles. The number of fused-ring (bicyclic) bond motifs is 1. The minimum atomic E-state index is -4.27. The first-order chi connectivity index (χ1) is 9.87. The van der Waals surface area contributed by atoms with Crippen LogP contribution in [-0.2, 0) is 6.42 Å². The Labute approximate surface area is 123 Å². The van der Waals surface area contributed by atoms with Crippen LogP contribution in [0.4, 0.5) is 24.9 Å². The van der Waals surface area contributed by atoms with Gasteiger partial charge in [0.15, 0.2) is 0 Å². The van der Waals surface area contributed by atoms with Gasteiger partial charge in [0.25, 0.3) is 0 Å². The summed E-state index contributed by atoms with van der Waals surface area (Å²) in [4.78, 5) is 11.3. The van der Waals surface area contributed by atoms with Crippen molar-refractivity contribution >= 4 is 33.3 Å². The van der Waals surface area contributed by atoms with Crippen LogP contribution in [0.3, 0.4) is 0 Å². The van der Waals surface area contributed by atoms with E-state index in [2.05, 4.69) is 9.97 Å². The first kappa shape index (κ1) is 14.4. The number of nitrogen functional groups attached to an aromatic ring is 1. The van der Waals surface area contributed by atoms with Gasteiger partial charge in [0.1, 0.15) is 17.2 Å². The van der Waals surface area contributed by atoms with Gasteiger partial charge in [0.05, 0.1) is 5.39 Å². The van der Waals surface area contributed by atoms with Crippen molar-refractivity contribution in [2.45, 2.75) is 38.4 Å². The van der Waals surface area contributed by atoms with E-state index in [0.717, 1.165) is 24.1 Å². The Bertz CT molecular complexity index is 663. The van der Waals surface area contributed by atoms with Gasteiger partial charge in [-0.2, -0.15) is 18.2 Å². The molecular formula is C13H15F3N4S. The number of nitrogens with two attached hydrogens (primary N) is 1. The van der Waals surface area contributed by atoms with Crippen molar-refractivity contribution in [3.63, 3.8) is 0 Å². The molecule has 3 rings (SSSR count). The third kappa shape index (κ3) is 3.04. The first-order valence-electron chi connectivity index (χ1n) is 6.76. The Morgan fingerprint density at radius 2 is 2.10 bits per heavy atom. The quantitative estimate of drug-likeness (QED) is 0.939. The van der Waals surface area contributed by atoms with E-state index in [-0.39, 0.29) is 12.0 Å². The average molecular weight is 316 g/mol. The summed E-state index contributed by atoms with van der Waals surface area (Å²) >= 11 is 1.45. The van der Waals surface area contributed by atoms with Gasteiger partial charge in [-0.25, -0.2) is 4.98 Å². The molecule has 0 aromatic carbocycles. The SMILES string of the molecule is CCc1cc2c(N(CC(F)(F)F)C3CC3)nc(N)nc2s1. The molecule has 1 aliphatic carbocycles. The van der Waals surface area contributed by atoms with Crippen LogP contribution in [0.1, 0.15) is 24.6 Å². The maximum atomic E-state index is 12.8. The molecule has 1 aliphatic rings. The Hall–Kier alpha value is -1.57. The fourth-order valence-corrected chi connectivity index (χ4v) is 3.29. The molecule has 114 valence electrons. The lowest BCUT2D eigenvalue weighted by atomic mass is 10.3. The summed E-state index contributed by atoms with van der Waals surface area (Å²) in [6.07, 6.45) is -1.94. The summed E-state index contributed by atoms with van der Waals surface area (Å²) in [6, 6.07) is 1.77. The van der Waals surface area contributed by atoms with Crippen LogP contribution in [0.2, 0.25) is 0 Å². The molecule has 1 fully saturated rings. The van der Waals surface area contributed by atoms with Gasteiger partial charge >= 0.3 is 6.18 Å². The lowest BCUT2D eigenvalue weighted by Gasteiger charge is -2.25. The third-order valence-corrected chi connectivity index (χ3v) is 4.57. The zero-order chi connectivity index (χ0) is 15.2. The molecule has 0 amide bonds. The molecule has 4 nitrogen and oxygen atoms in total. The molecule has 2 aromatic rings. The molecule has 0 radical (unpaired) electrons. The topological polar surface area (TPSA) is 55.0 Å². The van der Waals surface area contributed by atoms with Crippen molar-refractivity contribution in [2.75, 3.05) is 17.2 Å². The minimum absolute atomic E-state index is 0.0230. The summed E-state index contributed by atoms with van der Waals surface area (Å²) in [5.41, 5.74) is 5.67. The number of alkyl halides is 3. The maximum absolute atomic E-state index is 12.8. The van der Waals surface area contributed by atoms with E-state index in [1.807, 2.05) is 13.0 Å². The largest absolute Gasteiger partial charge is 0.405 e. The number of halogens is 3. The van der Waals surface area contributed by atoms with Crippen molar-refractivity contribution in [1.82, 2.24) is 9.97 Å². The highest BCUT2D eigenvalue weighted by atomic mass is 32.1. The monoisotopic (exact) mass is 316 g/mol. The highest BCUT2D eigenvalue weighted by Crippen LogP contribution is 2.39. The number of thiophene rings is 1.